The largest absolute Gasteiger partial charge is 0.481 e. The Morgan fingerprint density at radius 2 is 2.12 bits per heavy atom. The molecule has 5 heteroatoms. The molecule has 0 aliphatic heterocycles. The maximum absolute atomic E-state index is 13.2. The van der Waals surface area contributed by atoms with E-state index in [4.69, 9.17) is 5.11 Å². The van der Waals surface area contributed by atoms with Gasteiger partial charge in [-0.3, -0.25) is 4.79 Å². The van der Waals surface area contributed by atoms with E-state index < -0.39 is 23.0 Å². The van der Waals surface area contributed by atoms with Crippen LogP contribution in [0.5, 0.6) is 0 Å². The van der Waals surface area contributed by atoms with Crippen molar-refractivity contribution in [3.8, 4) is 0 Å². The van der Waals surface area contributed by atoms with Crippen molar-refractivity contribution in [2.75, 3.05) is 11.9 Å². The van der Waals surface area contributed by atoms with Crippen LogP contribution in [0.4, 0.5) is 14.5 Å². The quantitative estimate of drug-likeness (QED) is 0.829. The highest BCUT2D eigenvalue weighted by atomic mass is 19.1. The van der Waals surface area contributed by atoms with Crippen molar-refractivity contribution in [3.63, 3.8) is 0 Å². The SMILES string of the molecule is O=C(O)C1(CNc2cc(F)ccc2F)CC1. The van der Waals surface area contributed by atoms with Crippen LogP contribution < -0.4 is 5.32 Å². The molecule has 0 heterocycles. The van der Waals surface area contributed by atoms with Gasteiger partial charge in [0.1, 0.15) is 11.6 Å². The molecule has 1 aromatic carbocycles. The molecule has 0 bridgehead atoms. The third-order valence-electron chi connectivity index (χ3n) is 2.85. The minimum Gasteiger partial charge on any atom is -0.481 e. The number of halogens is 2. The monoisotopic (exact) mass is 227 g/mol. The second-order valence-corrected chi connectivity index (χ2v) is 4.06. The Morgan fingerprint density at radius 1 is 1.44 bits per heavy atom. The average Bonchev–Trinajstić information content (AvgIpc) is 3.00. The predicted molar refractivity (Wildman–Crippen MR) is 54.2 cm³/mol. The molecule has 1 aliphatic carbocycles. The van der Waals surface area contributed by atoms with Crippen LogP contribution in [0.15, 0.2) is 18.2 Å². The second-order valence-electron chi connectivity index (χ2n) is 4.06. The zero-order chi connectivity index (χ0) is 11.8. The number of carboxylic acids is 1. The molecule has 1 fully saturated rings. The second kappa shape index (κ2) is 3.73. The first-order chi connectivity index (χ1) is 7.53. The van der Waals surface area contributed by atoms with Gasteiger partial charge in [-0.1, -0.05) is 0 Å². The summed E-state index contributed by atoms with van der Waals surface area (Å²) in [5, 5.41) is 11.5. The number of hydrogen-bond donors (Lipinski definition) is 2. The van der Waals surface area contributed by atoms with Crippen LogP contribution >= 0.6 is 0 Å². The normalized spacial score (nSPS) is 16.9. The molecular weight excluding hydrogens is 216 g/mol. The first-order valence-corrected chi connectivity index (χ1v) is 4.96. The molecule has 3 nitrogen and oxygen atoms in total. The van der Waals surface area contributed by atoms with Gasteiger partial charge in [-0.15, -0.1) is 0 Å². The summed E-state index contributed by atoms with van der Waals surface area (Å²) >= 11 is 0. The molecule has 0 unspecified atom stereocenters. The maximum atomic E-state index is 13.2. The summed E-state index contributed by atoms with van der Waals surface area (Å²) < 4.78 is 26.0. The lowest BCUT2D eigenvalue weighted by Gasteiger charge is -2.12. The summed E-state index contributed by atoms with van der Waals surface area (Å²) in [6.45, 7) is 0.128. The van der Waals surface area contributed by atoms with Gasteiger partial charge < -0.3 is 10.4 Å². The van der Waals surface area contributed by atoms with E-state index in [9.17, 15) is 13.6 Å². The first-order valence-electron chi connectivity index (χ1n) is 4.96. The van der Waals surface area contributed by atoms with Crippen LogP contribution in [0.1, 0.15) is 12.8 Å². The van der Waals surface area contributed by atoms with Crippen molar-refractivity contribution in [3.05, 3.63) is 29.8 Å². The molecule has 0 saturated heterocycles. The minimum absolute atomic E-state index is 0.00697. The summed E-state index contributed by atoms with van der Waals surface area (Å²) in [5.41, 5.74) is -0.786. The Hall–Kier alpha value is -1.65. The summed E-state index contributed by atoms with van der Waals surface area (Å²) in [6.07, 6.45) is 1.15. The molecule has 0 radical (unpaired) electrons. The van der Waals surface area contributed by atoms with E-state index in [2.05, 4.69) is 5.32 Å². The number of hydrogen-bond acceptors (Lipinski definition) is 2. The fourth-order valence-electron chi connectivity index (χ4n) is 1.51. The molecule has 1 aliphatic rings. The van der Waals surface area contributed by atoms with E-state index in [1.54, 1.807) is 0 Å². The van der Waals surface area contributed by atoms with E-state index in [1.807, 2.05) is 0 Å². The standard InChI is InChI=1S/C11H11F2NO2/c12-7-1-2-8(13)9(5-7)14-6-11(3-4-11)10(15)16/h1-2,5,14H,3-4,6H2,(H,15,16). The van der Waals surface area contributed by atoms with Gasteiger partial charge in [0.25, 0.3) is 0 Å². The molecule has 0 atom stereocenters. The van der Waals surface area contributed by atoms with Gasteiger partial charge in [0.2, 0.25) is 0 Å². The maximum Gasteiger partial charge on any atom is 0.311 e. The van der Waals surface area contributed by atoms with Gasteiger partial charge in [-0.25, -0.2) is 8.78 Å². The molecule has 86 valence electrons. The van der Waals surface area contributed by atoms with Crippen LogP contribution in [-0.4, -0.2) is 17.6 Å². The summed E-state index contributed by atoms with van der Waals surface area (Å²) in [5.74, 6) is -2.02. The van der Waals surface area contributed by atoms with E-state index >= 15 is 0 Å². The molecule has 2 rings (SSSR count). The minimum atomic E-state index is -0.892. The van der Waals surface area contributed by atoms with Crippen molar-refractivity contribution < 1.29 is 18.7 Å². The Balaban J connectivity index is 2.05. The summed E-state index contributed by atoms with van der Waals surface area (Å²) in [7, 11) is 0. The number of carbonyl (C=O) groups is 1. The van der Waals surface area contributed by atoms with E-state index in [0.717, 1.165) is 18.2 Å². The van der Waals surface area contributed by atoms with Crippen molar-refractivity contribution in [1.29, 1.82) is 0 Å². The Bertz CT molecular complexity index is 430. The summed E-state index contributed by atoms with van der Waals surface area (Å²) in [4.78, 5) is 10.8. The number of benzene rings is 1. The molecule has 0 amide bonds. The third-order valence-corrected chi connectivity index (χ3v) is 2.85. The number of anilines is 1. The van der Waals surface area contributed by atoms with Gasteiger partial charge in [0.05, 0.1) is 11.1 Å². The average molecular weight is 227 g/mol. The van der Waals surface area contributed by atoms with Crippen molar-refractivity contribution in [2.45, 2.75) is 12.8 Å². The first kappa shape index (κ1) is 10.9. The lowest BCUT2D eigenvalue weighted by molar-refractivity contribution is -0.142. The predicted octanol–water partition coefficient (Wildman–Crippen LogP) is 2.24. The third kappa shape index (κ3) is 1.98. The van der Waals surface area contributed by atoms with Crippen LogP contribution in [0.2, 0.25) is 0 Å². The van der Waals surface area contributed by atoms with Crippen molar-refractivity contribution in [1.82, 2.24) is 0 Å². The van der Waals surface area contributed by atoms with E-state index in [-0.39, 0.29) is 12.2 Å². The number of rotatable bonds is 4. The topological polar surface area (TPSA) is 49.3 Å². The van der Waals surface area contributed by atoms with Crippen molar-refractivity contribution >= 4 is 11.7 Å². The lowest BCUT2D eigenvalue weighted by atomic mass is 10.1. The Morgan fingerprint density at radius 3 is 2.69 bits per heavy atom. The van der Waals surface area contributed by atoms with Gasteiger partial charge in [-0.2, -0.15) is 0 Å². The van der Waals surface area contributed by atoms with Gasteiger partial charge in [0, 0.05) is 6.54 Å². The van der Waals surface area contributed by atoms with E-state index in [1.165, 1.54) is 0 Å². The number of nitrogens with one attached hydrogen (secondary N) is 1. The molecule has 1 aromatic rings. The van der Waals surface area contributed by atoms with Crippen LogP contribution in [0.25, 0.3) is 0 Å². The van der Waals surface area contributed by atoms with E-state index in [0.29, 0.717) is 12.8 Å². The van der Waals surface area contributed by atoms with Crippen molar-refractivity contribution in [2.24, 2.45) is 5.41 Å². The summed E-state index contributed by atoms with van der Waals surface area (Å²) in [6, 6.07) is 3.05. The number of aliphatic carboxylic acids is 1. The highest BCUT2D eigenvalue weighted by Gasteiger charge is 2.50. The Kier molecular flexibility index (Phi) is 2.53. The van der Waals surface area contributed by atoms with Crippen LogP contribution in [-0.2, 0) is 4.79 Å². The highest BCUT2D eigenvalue weighted by molar-refractivity contribution is 5.78. The zero-order valence-electron chi connectivity index (χ0n) is 8.46. The molecule has 0 spiro atoms. The molecular formula is C11H11F2NO2. The van der Waals surface area contributed by atoms with Crippen LogP contribution in [0, 0.1) is 17.0 Å². The van der Waals surface area contributed by atoms with Gasteiger partial charge in [0.15, 0.2) is 0 Å². The van der Waals surface area contributed by atoms with Crippen LogP contribution in [0.3, 0.4) is 0 Å². The fraction of sp³-hybridized carbons (Fsp3) is 0.364. The molecule has 1 saturated carbocycles. The smallest absolute Gasteiger partial charge is 0.311 e. The Labute approximate surface area is 91.1 Å². The molecule has 0 aromatic heterocycles. The molecule has 16 heavy (non-hydrogen) atoms. The number of carboxylic acid groups (broad SMARTS) is 1. The lowest BCUT2D eigenvalue weighted by Crippen LogP contribution is -2.24. The molecule has 2 N–H and O–H groups in total. The van der Waals surface area contributed by atoms with Gasteiger partial charge >= 0.3 is 5.97 Å². The highest BCUT2D eigenvalue weighted by Crippen LogP contribution is 2.45. The fourth-order valence-corrected chi connectivity index (χ4v) is 1.51. The zero-order valence-corrected chi connectivity index (χ0v) is 8.46. The van der Waals surface area contributed by atoms with Gasteiger partial charge in [-0.05, 0) is 31.0 Å².